The van der Waals surface area contributed by atoms with Crippen LogP contribution in [0.25, 0.3) is 0 Å². The van der Waals surface area contributed by atoms with Crippen molar-refractivity contribution in [2.75, 3.05) is 17.3 Å². The van der Waals surface area contributed by atoms with Crippen LogP contribution in [-0.4, -0.2) is 33.8 Å². The van der Waals surface area contributed by atoms with E-state index in [-0.39, 0.29) is 16.1 Å². The Bertz CT molecular complexity index is 731. The SMILES string of the molecule is CN1C(=S)N(c2ccc(C#N)c(C(F)(F)F)c2)C(=O)C1(C)CBr. The highest BCUT2D eigenvalue weighted by Gasteiger charge is 2.50. The van der Waals surface area contributed by atoms with Gasteiger partial charge in [-0.05, 0) is 37.3 Å². The lowest BCUT2D eigenvalue weighted by molar-refractivity contribution is -0.137. The van der Waals surface area contributed by atoms with Crippen molar-refractivity contribution >= 4 is 44.9 Å². The van der Waals surface area contributed by atoms with Gasteiger partial charge in [0.1, 0.15) is 5.54 Å². The first-order chi connectivity index (χ1) is 10.6. The molecule has 1 aliphatic heterocycles. The van der Waals surface area contributed by atoms with Crippen molar-refractivity contribution in [3.8, 4) is 6.07 Å². The molecule has 1 aromatic carbocycles. The van der Waals surface area contributed by atoms with Gasteiger partial charge >= 0.3 is 6.18 Å². The normalized spacial score (nSPS) is 21.8. The minimum absolute atomic E-state index is 0.0112. The lowest BCUT2D eigenvalue weighted by Gasteiger charge is -2.26. The number of anilines is 1. The van der Waals surface area contributed by atoms with E-state index < -0.39 is 28.7 Å². The van der Waals surface area contributed by atoms with Crippen molar-refractivity contribution in [3.63, 3.8) is 0 Å². The van der Waals surface area contributed by atoms with E-state index in [1.54, 1.807) is 14.0 Å². The summed E-state index contributed by atoms with van der Waals surface area (Å²) in [5.74, 6) is -0.431. The molecule has 1 unspecified atom stereocenters. The first-order valence-electron chi connectivity index (χ1n) is 6.37. The number of rotatable bonds is 2. The van der Waals surface area contributed by atoms with E-state index in [0.29, 0.717) is 0 Å². The summed E-state index contributed by atoms with van der Waals surface area (Å²) in [6, 6.07) is 4.60. The van der Waals surface area contributed by atoms with Gasteiger partial charge in [-0.1, -0.05) is 15.9 Å². The third kappa shape index (κ3) is 2.70. The molecule has 0 aliphatic carbocycles. The summed E-state index contributed by atoms with van der Waals surface area (Å²) in [5, 5.41) is 9.21. The van der Waals surface area contributed by atoms with Crippen molar-refractivity contribution in [1.29, 1.82) is 5.26 Å². The Kier molecular flexibility index (Phi) is 4.43. The third-order valence-electron chi connectivity index (χ3n) is 3.83. The molecule has 9 heteroatoms. The number of halogens is 4. The molecule has 4 nitrogen and oxygen atoms in total. The Hall–Kier alpha value is -1.66. The molecule has 0 saturated carbocycles. The van der Waals surface area contributed by atoms with Gasteiger partial charge in [0.25, 0.3) is 5.91 Å². The van der Waals surface area contributed by atoms with Crippen LogP contribution in [0, 0.1) is 11.3 Å². The van der Waals surface area contributed by atoms with E-state index >= 15 is 0 Å². The first kappa shape index (κ1) is 17.7. The maximum atomic E-state index is 13.1. The molecule has 1 saturated heterocycles. The van der Waals surface area contributed by atoms with Gasteiger partial charge in [-0.25, -0.2) is 0 Å². The monoisotopic (exact) mass is 405 g/mol. The molecule has 0 aromatic heterocycles. The summed E-state index contributed by atoms with van der Waals surface area (Å²) < 4.78 is 39.3. The number of amides is 1. The van der Waals surface area contributed by atoms with Crippen LogP contribution in [0.1, 0.15) is 18.1 Å². The highest BCUT2D eigenvalue weighted by molar-refractivity contribution is 9.09. The van der Waals surface area contributed by atoms with E-state index in [4.69, 9.17) is 17.5 Å². The fourth-order valence-electron chi connectivity index (χ4n) is 2.21. The van der Waals surface area contributed by atoms with Gasteiger partial charge in [0.05, 0.1) is 22.9 Å². The van der Waals surface area contributed by atoms with Crippen LogP contribution in [0.3, 0.4) is 0 Å². The van der Waals surface area contributed by atoms with Crippen LogP contribution in [0.5, 0.6) is 0 Å². The molecular formula is C14H11BrF3N3OS. The van der Waals surface area contributed by atoms with Gasteiger partial charge < -0.3 is 4.90 Å². The first-order valence-corrected chi connectivity index (χ1v) is 7.90. The average Bonchev–Trinajstić information content (AvgIpc) is 2.67. The van der Waals surface area contributed by atoms with E-state index in [2.05, 4.69) is 15.9 Å². The van der Waals surface area contributed by atoms with Crippen molar-refractivity contribution in [2.45, 2.75) is 18.6 Å². The fraction of sp³-hybridized carbons (Fsp3) is 0.357. The summed E-state index contributed by atoms with van der Waals surface area (Å²) in [6.07, 6.45) is -4.70. The molecule has 1 atom stereocenters. The molecular weight excluding hydrogens is 395 g/mol. The van der Waals surface area contributed by atoms with E-state index in [1.807, 2.05) is 0 Å². The molecule has 1 aromatic rings. The standard InChI is InChI=1S/C14H11BrF3N3OS/c1-13(7-15)11(22)21(12(23)20(13)2)9-4-3-8(6-19)10(5-9)14(16,17)18/h3-5H,7H2,1-2H3. The summed E-state index contributed by atoms with van der Waals surface area (Å²) in [6.45, 7) is 1.64. The van der Waals surface area contributed by atoms with Crippen molar-refractivity contribution in [3.05, 3.63) is 29.3 Å². The van der Waals surface area contributed by atoms with E-state index in [0.717, 1.165) is 17.0 Å². The predicted molar refractivity (Wildman–Crippen MR) is 86.2 cm³/mol. The van der Waals surface area contributed by atoms with Gasteiger partial charge in [-0.2, -0.15) is 18.4 Å². The molecule has 0 spiro atoms. The second-order valence-corrected chi connectivity index (χ2v) is 6.15. The van der Waals surface area contributed by atoms with Crippen molar-refractivity contribution in [2.24, 2.45) is 0 Å². The van der Waals surface area contributed by atoms with Crippen LogP contribution in [0.15, 0.2) is 18.2 Å². The Morgan fingerprint density at radius 3 is 2.48 bits per heavy atom. The minimum Gasteiger partial charge on any atom is -0.336 e. The van der Waals surface area contributed by atoms with E-state index in [9.17, 15) is 18.0 Å². The molecule has 0 N–H and O–H groups in total. The number of hydrogen-bond acceptors (Lipinski definition) is 3. The quantitative estimate of drug-likeness (QED) is 0.559. The number of nitriles is 1. The van der Waals surface area contributed by atoms with Gasteiger partial charge in [0, 0.05) is 12.4 Å². The van der Waals surface area contributed by atoms with Gasteiger partial charge in [0.15, 0.2) is 5.11 Å². The van der Waals surface area contributed by atoms with Gasteiger partial charge in [-0.15, -0.1) is 0 Å². The molecule has 0 radical (unpaired) electrons. The Morgan fingerprint density at radius 2 is 2.04 bits per heavy atom. The number of carbonyl (C=O) groups is 1. The molecule has 122 valence electrons. The number of hydrogen-bond donors (Lipinski definition) is 0. The zero-order valence-electron chi connectivity index (χ0n) is 12.1. The third-order valence-corrected chi connectivity index (χ3v) is 5.38. The summed E-state index contributed by atoms with van der Waals surface area (Å²) >= 11 is 8.44. The lowest BCUT2D eigenvalue weighted by Crippen LogP contribution is -2.46. The maximum absolute atomic E-state index is 13.1. The molecule has 0 bridgehead atoms. The zero-order chi connectivity index (χ0) is 17.6. The molecule has 1 aliphatic rings. The second kappa shape index (κ2) is 5.76. The summed E-state index contributed by atoms with van der Waals surface area (Å²) in [5.41, 5.74) is -2.59. The van der Waals surface area contributed by atoms with Gasteiger partial charge in [0.2, 0.25) is 0 Å². The Balaban J connectivity index is 2.58. The molecule has 1 amide bonds. The lowest BCUT2D eigenvalue weighted by atomic mass is 10.0. The fourth-order valence-corrected chi connectivity index (χ4v) is 3.22. The highest BCUT2D eigenvalue weighted by atomic mass is 79.9. The van der Waals surface area contributed by atoms with Crippen molar-refractivity contribution < 1.29 is 18.0 Å². The number of benzene rings is 1. The highest BCUT2D eigenvalue weighted by Crippen LogP contribution is 2.37. The number of carbonyl (C=O) groups excluding carboxylic acids is 1. The van der Waals surface area contributed by atoms with Gasteiger partial charge in [-0.3, -0.25) is 9.69 Å². The zero-order valence-corrected chi connectivity index (χ0v) is 14.5. The average molecular weight is 406 g/mol. The predicted octanol–water partition coefficient (Wildman–Crippen LogP) is 3.29. The minimum atomic E-state index is -4.70. The topological polar surface area (TPSA) is 47.3 Å². The molecule has 2 rings (SSSR count). The number of thiocarbonyl (C=S) groups is 1. The smallest absolute Gasteiger partial charge is 0.336 e. The largest absolute Gasteiger partial charge is 0.417 e. The summed E-state index contributed by atoms with van der Waals surface area (Å²) in [7, 11) is 1.61. The Morgan fingerprint density at radius 1 is 1.43 bits per heavy atom. The molecule has 1 heterocycles. The van der Waals surface area contributed by atoms with E-state index in [1.165, 1.54) is 17.0 Å². The van der Waals surface area contributed by atoms with Crippen molar-refractivity contribution in [1.82, 2.24) is 4.90 Å². The maximum Gasteiger partial charge on any atom is 0.417 e. The second-order valence-electron chi connectivity index (χ2n) is 5.23. The van der Waals surface area contributed by atoms with Crippen LogP contribution in [0.2, 0.25) is 0 Å². The van der Waals surface area contributed by atoms with Crippen LogP contribution in [-0.2, 0) is 11.0 Å². The molecule has 1 fully saturated rings. The number of alkyl halides is 4. The van der Waals surface area contributed by atoms with Crippen LogP contribution >= 0.6 is 28.1 Å². The van der Waals surface area contributed by atoms with Crippen LogP contribution < -0.4 is 4.90 Å². The Labute approximate surface area is 144 Å². The number of nitrogens with zero attached hydrogens (tertiary/aromatic N) is 3. The molecule has 23 heavy (non-hydrogen) atoms. The van der Waals surface area contributed by atoms with Crippen LogP contribution in [0.4, 0.5) is 18.9 Å². The number of likely N-dealkylation sites (N-methyl/N-ethyl adjacent to an activating group) is 1. The summed E-state index contributed by atoms with van der Waals surface area (Å²) in [4.78, 5) is 15.2.